The fraction of sp³-hybridized carbons (Fsp3) is 0.700. The summed E-state index contributed by atoms with van der Waals surface area (Å²) in [7, 11) is 3.46. The summed E-state index contributed by atoms with van der Waals surface area (Å²) in [5.41, 5.74) is 7.52. The number of hydrogen-bond acceptors (Lipinski definition) is 4. The van der Waals surface area contributed by atoms with E-state index in [1.165, 1.54) is 0 Å². The van der Waals surface area contributed by atoms with Gasteiger partial charge in [-0.25, -0.2) is 4.68 Å². The minimum atomic E-state index is 0.0711. The zero-order valence-corrected chi connectivity index (χ0v) is 9.53. The quantitative estimate of drug-likeness (QED) is 0.713. The van der Waals surface area contributed by atoms with Gasteiger partial charge < -0.3 is 15.6 Å². The van der Waals surface area contributed by atoms with Crippen LogP contribution in [0, 0.1) is 12.8 Å². The molecule has 15 heavy (non-hydrogen) atoms. The second-order valence-corrected chi connectivity index (χ2v) is 3.69. The first-order valence-corrected chi connectivity index (χ1v) is 5.01. The van der Waals surface area contributed by atoms with Crippen LogP contribution in [0.2, 0.25) is 0 Å². The predicted molar refractivity (Wildman–Crippen MR) is 57.8 cm³/mol. The van der Waals surface area contributed by atoms with Gasteiger partial charge in [-0.2, -0.15) is 5.10 Å². The predicted octanol–water partition coefficient (Wildman–Crippen LogP) is -0.153. The maximum absolute atomic E-state index is 9.10. The number of aryl methyl sites for hydroxylation is 2. The minimum Gasteiger partial charge on any atom is -0.481 e. The molecular formula is C10H19N3O2. The summed E-state index contributed by atoms with van der Waals surface area (Å²) in [4.78, 5) is 0. The van der Waals surface area contributed by atoms with Gasteiger partial charge in [-0.1, -0.05) is 0 Å². The van der Waals surface area contributed by atoms with Crippen molar-refractivity contribution in [2.45, 2.75) is 13.3 Å². The molecular weight excluding hydrogens is 194 g/mol. The molecule has 3 N–H and O–H groups in total. The Balaban J connectivity index is 2.92. The van der Waals surface area contributed by atoms with Gasteiger partial charge in [0, 0.05) is 19.2 Å². The normalized spacial score (nSPS) is 12.9. The maximum atomic E-state index is 9.10. The topological polar surface area (TPSA) is 73.3 Å². The lowest BCUT2D eigenvalue weighted by molar-refractivity contribution is 0.228. The number of hydrogen-bond donors (Lipinski definition) is 2. The molecule has 0 bridgehead atoms. The number of aromatic nitrogens is 2. The molecule has 1 aromatic heterocycles. The van der Waals surface area contributed by atoms with Gasteiger partial charge in [0.25, 0.3) is 0 Å². The monoisotopic (exact) mass is 213 g/mol. The number of aliphatic hydroxyl groups excluding tert-OH is 1. The summed E-state index contributed by atoms with van der Waals surface area (Å²) >= 11 is 0. The Morgan fingerprint density at radius 2 is 2.27 bits per heavy atom. The van der Waals surface area contributed by atoms with Crippen molar-refractivity contribution in [3.8, 4) is 5.88 Å². The molecule has 0 aliphatic carbocycles. The van der Waals surface area contributed by atoms with E-state index in [0.29, 0.717) is 13.0 Å². The van der Waals surface area contributed by atoms with Gasteiger partial charge >= 0.3 is 0 Å². The summed E-state index contributed by atoms with van der Waals surface area (Å²) in [6.45, 7) is 2.49. The zero-order chi connectivity index (χ0) is 11.4. The average molecular weight is 213 g/mol. The van der Waals surface area contributed by atoms with Crippen molar-refractivity contribution in [3.63, 3.8) is 0 Å². The molecule has 0 saturated heterocycles. The Bertz CT molecular complexity index is 319. The lowest BCUT2D eigenvalue weighted by Gasteiger charge is -2.11. The number of methoxy groups -OCH3 is 1. The van der Waals surface area contributed by atoms with Crippen molar-refractivity contribution in [2.24, 2.45) is 18.7 Å². The van der Waals surface area contributed by atoms with E-state index < -0.39 is 0 Å². The van der Waals surface area contributed by atoms with Gasteiger partial charge in [-0.05, 0) is 25.8 Å². The summed E-state index contributed by atoms with van der Waals surface area (Å²) < 4.78 is 6.97. The summed E-state index contributed by atoms with van der Waals surface area (Å²) in [6.07, 6.45) is 0.704. The van der Waals surface area contributed by atoms with Crippen LogP contribution in [-0.4, -0.2) is 35.1 Å². The molecule has 5 nitrogen and oxygen atoms in total. The third kappa shape index (κ3) is 2.49. The Hall–Kier alpha value is -1.07. The second kappa shape index (κ2) is 5.14. The molecule has 1 rings (SSSR count). The van der Waals surface area contributed by atoms with Crippen LogP contribution in [0.3, 0.4) is 0 Å². The Morgan fingerprint density at radius 3 is 2.73 bits per heavy atom. The number of ether oxygens (including phenoxy) is 1. The lowest BCUT2D eigenvalue weighted by atomic mass is 10.0. The third-order valence-corrected chi connectivity index (χ3v) is 2.57. The smallest absolute Gasteiger partial charge is 0.214 e. The molecule has 0 radical (unpaired) electrons. The van der Waals surface area contributed by atoms with Crippen molar-refractivity contribution >= 4 is 0 Å². The summed E-state index contributed by atoms with van der Waals surface area (Å²) in [5, 5.41) is 13.4. The number of nitrogens with two attached hydrogens (primary N) is 1. The van der Waals surface area contributed by atoms with E-state index >= 15 is 0 Å². The van der Waals surface area contributed by atoms with Gasteiger partial charge in [-0.3, -0.25) is 0 Å². The first-order chi connectivity index (χ1) is 7.13. The van der Waals surface area contributed by atoms with Crippen molar-refractivity contribution in [2.75, 3.05) is 20.3 Å². The Labute approximate surface area is 89.8 Å². The fourth-order valence-electron chi connectivity index (χ4n) is 1.68. The average Bonchev–Trinajstić information content (AvgIpc) is 2.49. The SMILES string of the molecule is COc1c(CC(CN)CO)c(C)nn1C. The van der Waals surface area contributed by atoms with Crippen molar-refractivity contribution < 1.29 is 9.84 Å². The highest BCUT2D eigenvalue weighted by molar-refractivity contribution is 5.31. The highest BCUT2D eigenvalue weighted by atomic mass is 16.5. The second-order valence-electron chi connectivity index (χ2n) is 3.69. The molecule has 0 spiro atoms. The minimum absolute atomic E-state index is 0.0711. The molecule has 0 aliphatic heterocycles. The van der Waals surface area contributed by atoms with Gasteiger partial charge in [0.2, 0.25) is 5.88 Å². The number of aliphatic hydroxyl groups is 1. The lowest BCUT2D eigenvalue weighted by Crippen LogP contribution is -2.20. The molecule has 0 amide bonds. The van der Waals surface area contributed by atoms with Crippen LogP contribution in [0.4, 0.5) is 0 Å². The highest BCUT2D eigenvalue weighted by Gasteiger charge is 2.17. The molecule has 1 unspecified atom stereocenters. The standard InChI is InChI=1S/C10H19N3O2/c1-7-9(4-8(5-11)6-14)10(15-3)13(2)12-7/h8,14H,4-6,11H2,1-3H3. The Morgan fingerprint density at radius 1 is 1.60 bits per heavy atom. The van der Waals surface area contributed by atoms with Crippen LogP contribution < -0.4 is 10.5 Å². The van der Waals surface area contributed by atoms with Gasteiger partial charge in [0.1, 0.15) is 0 Å². The molecule has 1 heterocycles. The Kier molecular flexibility index (Phi) is 4.11. The van der Waals surface area contributed by atoms with E-state index in [-0.39, 0.29) is 12.5 Å². The highest BCUT2D eigenvalue weighted by Crippen LogP contribution is 2.23. The molecule has 1 atom stereocenters. The maximum Gasteiger partial charge on any atom is 0.214 e. The first kappa shape index (κ1) is 12.0. The van der Waals surface area contributed by atoms with E-state index in [0.717, 1.165) is 17.1 Å². The molecule has 0 fully saturated rings. The van der Waals surface area contributed by atoms with Gasteiger partial charge in [0.05, 0.1) is 12.8 Å². The third-order valence-electron chi connectivity index (χ3n) is 2.57. The summed E-state index contributed by atoms with van der Waals surface area (Å²) in [5.74, 6) is 0.821. The van der Waals surface area contributed by atoms with Crippen molar-refractivity contribution in [1.29, 1.82) is 0 Å². The zero-order valence-electron chi connectivity index (χ0n) is 9.53. The molecule has 5 heteroatoms. The fourth-order valence-corrected chi connectivity index (χ4v) is 1.68. The molecule has 0 aliphatic rings. The molecule has 0 aromatic carbocycles. The summed E-state index contributed by atoms with van der Waals surface area (Å²) in [6, 6.07) is 0. The molecule has 1 aromatic rings. The van der Waals surface area contributed by atoms with Crippen LogP contribution in [-0.2, 0) is 13.5 Å². The largest absolute Gasteiger partial charge is 0.481 e. The van der Waals surface area contributed by atoms with Crippen molar-refractivity contribution in [1.82, 2.24) is 9.78 Å². The van der Waals surface area contributed by atoms with Crippen LogP contribution in [0.5, 0.6) is 5.88 Å². The molecule has 0 saturated carbocycles. The van der Waals surface area contributed by atoms with Gasteiger partial charge in [-0.15, -0.1) is 0 Å². The van der Waals surface area contributed by atoms with E-state index in [2.05, 4.69) is 5.10 Å². The number of rotatable bonds is 5. The van der Waals surface area contributed by atoms with E-state index in [9.17, 15) is 0 Å². The van der Waals surface area contributed by atoms with Crippen LogP contribution in [0.15, 0.2) is 0 Å². The van der Waals surface area contributed by atoms with E-state index in [1.807, 2.05) is 14.0 Å². The van der Waals surface area contributed by atoms with Gasteiger partial charge in [0.15, 0.2) is 0 Å². The first-order valence-electron chi connectivity index (χ1n) is 5.01. The van der Waals surface area contributed by atoms with E-state index in [1.54, 1.807) is 11.8 Å². The van der Waals surface area contributed by atoms with Crippen LogP contribution in [0.1, 0.15) is 11.3 Å². The number of nitrogens with zero attached hydrogens (tertiary/aromatic N) is 2. The molecule has 86 valence electrons. The van der Waals surface area contributed by atoms with E-state index in [4.69, 9.17) is 15.6 Å². The van der Waals surface area contributed by atoms with Crippen LogP contribution in [0.25, 0.3) is 0 Å². The van der Waals surface area contributed by atoms with Crippen LogP contribution >= 0.6 is 0 Å². The van der Waals surface area contributed by atoms with Crippen molar-refractivity contribution in [3.05, 3.63) is 11.3 Å².